The Morgan fingerprint density at radius 2 is 2.11 bits per heavy atom. The van der Waals surface area contributed by atoms with Crippen LogP contribution in [0.1, 0.15) is 31.2 Å². The quantitative estimate of drug-likeness (QED) is 0.783. The number of nitrogens with one attached hydrogen (secondary N) is 1. The maximum absolute atomic E-state index is 12.9. The van der Waals surface area contributed by atoms with Crippen LogP contribution < -0.4 is 10.1 Å². The largest absolute Gasteiger partial charge is 0.492 e. The lowest BCUT2D eigenvalue weighted by molar-refractivity contribution is 0.306. The highest BCUT2D eigenvalue weighted by Gasteiger charge is 2.13. The summed E-state index contributed by atoms with van der Waals surface area (Å²) >= 11 is 0. The lowest BCUT2D eigenvalue weighted by Gasteiger charge is -2.12. The molecule has 1 saturated carbocycles. The number of benzene rings is 1. The summed E-state index contributed by atoms with van der Waals surface area (Å²) in [5.41, 5.74) is 0.853. The van der Waals surface area contributed by atoms with Crippen LogP contribution in [0.15, 0.2) is 18.2 Å². The van der Waals surface area contributed by atoms with Crippen molar-refractivity contribution in [2.75, 3.05) is 19.7 Å². The summed E-state index contributed by atoms with van der Waals surface area (Å²) in [7, 11) is 0. The van der Waals surface area contributed by atoms with Crippen molar-refractivity contribution < 1.29 is 9.13 Å². The van der Waals surface area contributed by atoms with E-state index >= 15 is 0 Å². The molecule has 0 saturated heterocycles. The highest BCUT2D eigenvalue weighted by molar-refractivity contribution is 5.32. The van der Waals surface area contributed by atoms with Crippen molar-refractivity contribution >= 4 is 0 Å². The standard InChI is InChI=1S/C15H22FNO/c1-12-10-14(16)6-7-15(12)18-9-8-17-11-13-4-2-3-5-13/h6-7,10,13,17H,2-5,8-9,11H2,1H3. The molecule has 3 heteroatoms. The molecule has 1 aliphatic carbocycles. The molecule has 1 fully saturated rings. The first-order valence-electron chi connectivity index (χ1n) is 6.85. The van der Waals surface area contributed by atoms with Crippen LogP contribution in [0.2, 0.25) is 0 Å². The zero-order valence-electron chi connectivity index (χ0n) is 11.0. The molecule has 0 bridgehead atoms. The first-order valence-corrected chi connectivity index (χ1v) is 6.85. The third kappa shape index (κ3) is 3.98. The van der Waals surface area contributed by atoms with E-state index in [1.54, 1.807) is 6.07 Å². The van der Waals surface area contributed by atoms with Crippen LogP contribution in [0.4, 0.5) is 4.39 Å². The zero-order chi connectivity index (χ0) is 12.8. The minimum Gasteiger partial charge on any atom is -0.492 e. The molecule has 1 N–H and O–H groups in total. The van der Waals surface area contributed by atoms with E-state index in [0.29, 0.717) is 6.61 Å². The van der Waals surface area contributed by atoms with Crippen LogP contribution >= 0.6 is 0 Å². The first kappa shape index (κ1) is 13.3. The topological polar surface area (TPSA) is 21.3 Å². The van der Waals surface area contributed by atoms with Gasteiger partial charge in [-0.15, -0.1) is 0 Å². The minimum absolute atomic E-state index is 0.209. The average Bonchev–Trinajstić information content (AvgIpc) is 2.84. The average molecular weight is 251 g/mol. The monoisotopic (exact) mass is 251 g/mol. The summed E-state index contributed by atoms with van der Waals surface area (Å²) < 4.78 is 18.5. The molecular formula is C15H22FNO. The fourth-order valence-electron chi connectivity index (χ4n) is 2.53. The van der Waals surface area contributed by atoms with Crippen molar-refractivity contribution in [2.24, 2.45) is 5.92 Å². The van der Waals surface area contributed by atoms with Crippen LogP contribution in [-0.4, -0.2) is 19.7 Å². The summed E-state index contributed by atoms with van der Waals surface area (Å²) in [4.78, 5) is 0. The summed E-state index contributed by atoms with van der Waals surface area (Å²) in [6.45, 7) is 4.46. The molecule has 0 aliphatic heterocycles. The SMILES string of the molecule is Cc1cc(F)ccc1OCCNCC1CCCC1. The predicted molar refractivity (Wildman–Crippen MR) is 71.5 cm³/mol. The third-order valence-corrected chi connectivity index (χ3v) is 3.58. The molecule has 0 atom stereocenters. The van der Waals surface area contributed by atoms with Crippen molar-refractivity contribution in [2.45, 2.75) is 32.6 Å². The molecule has 2 nitrogen and oxygen atoms in total. The Morgan fingerprint density at radius 3 is 2.83 bits per heavy atom. The van der Waals surface area contributed by atoms with Crippen LogP contribution in [0.25, 0.3) is 0 Å². The molecule has 0 amide bonds. The van der Waals surface area contributed by atoms with Crippen molar-refractivity contribution in [3.05, 3.63) is 29.6 Å². The Bertz CT molecular complexity index is 375. The lowest BCUT2D eigenvalue weighted by atomic mass is 10.1. The van der Waals surface area contributed by atoms with Crippen molar-refractivity contribution in [3.8, 4) is 5.75 Å². The Morgan fingerprint density at radius 1 is 1.33 bits per heavy atom. The Balaban J connectivity index is 1.62. The smallest absolute Gasteiger partial charge is 0.123 e. The Hall–Kier alpha value is -1.09. The van der Waals surface area contributed by atoms with E-state index in [1.807, 2.05) is 6.92 Å². The molecule has 2 rings (SSSR count). The second-order valence-corrected chi connectivity index (χ2v) is 5.11. The van der Waals surface area contributed by atoms with E-state index in [9.17, 15) is 4.39 Å². The van der Waals surface area contributed by atoms with Gasteiger partial charge in [-0.05, 0) is 56.0 Å². The molecule has 0 radical (unpaired) electrons. The van der Waals surface area contributed by atoms with E-state index in [4.69, 9.17) is 4.74 Å². The lowest BCUT2D eigenvalue weighted by Crippen LogP contribution is -2.26. The predicted octanol–water partition coefficient (Wildman–Crippen LogP) is 3.29. The number of hydrogen-bond acceptors (Lipinski definition) is 2. The number of hydrogen-bond donors (Lipinski definition) is 1. The van der Waals surface area contributed by atoms with Gasteiger partial charge in [0.25, 0.3) is 0 Å². The van der Waals surface area contributed by atoms with Gasteiger partial charge >= 0.3 is 0 Å². The second-order valence-electron chi connectivity index (χ2n) is 5.11. The third-order valence-electron chi connectivity index (χ3n) is 3.58. The maximum atomic E-state index is 12.9. The first-order chi connectivity index (χ1) is 8.75. The molecule has 0 spiro atoms. The molecule has 1 aromatic carbocycles. The Labute approximate surface area is 109 Å². The molecule has 0 unspecified atom stereocenters. The molecular weight excluding hydrogens is 229 g/mol. The van der Waals surface area contributed by atoms with Gasteiger partial charge in [-0.1, -0.05) is 12.8 Å². The van der Waals surface area contributed by atoms with Crippen molar-refractivity contribution in [1.29, 1.82) is 0 Å². The maximum Gasteiger partial charge on any atom is 0.123 e. The number of ether oxygens (including phenoxy) is 1. The zero-order valence-corrected chi connectivity index (χ0v) is 11.0. The van der Waals surface area contributed by atoms with Crippen LogP contribution in [0.3, 0.4) is 0 Å². The van der Waals surface area contributed by atoms with E-state index in [1.165, 1.54) is 37.8 Å². The summed E-state index contributed by atoms with van der Waals surface area (Å²) in [5, 5.41) is 3.43. The summed E-state index contributed by atoms with van der Waals surface area (Å²) in [6.07, 6.45) is 5.51. The normalized spacial score (nSPS) is 16.1. The van der Waals surface area contributed by atoms with Gasteiger partial charge in [0.2, 0.25) is 0 Å². The van der Waals surface area contributed by atoms with E-state index in [0.717, 1.165) is 30.3 Å². The van der Waals surface area contributed by atoms with Gasteiger partial charge in [0.15, 0.2) is 0 Å². The van der Waals surface area contributed by atoms with Crippen LogP contribution in [0, 0.1) is 18.7 Å². The summed E-state index contributed by atoms with van der Waals surface area (Å²) in [6, 6.07) is 4.64. The van der Waals surface area contributed by atoms with Gasteiger partial charge in [-0.3, -0.25) is 0 Å². The molecule has 100 valence electrons. The van der Waals surface area contributed by atoms with E-state index in [2.05, 4.69) is 5.32 Å². The van der Waals surface area contributed by atoms with Gasteiger partial charge < -0.3 is 10.1 Å². The fraction of sp³-hybridized carbons (Fsp3) is 0.600. The van der Waals surface area contributed by atoms with Crippen molar-refractivity contribution in [3.63, 3.8) is 0 Å². The number of halogens is 1. The number of rotatable bonds is 6. The Kier molecular flexibility index (Phi) is 5.00. The highest BCUT2D eigenvalue weighted by Crippen LogP contribution is 2.23. The molecule has 1 aliphatic rings. The van der Waals surface area contributed by atoms with Gasteiger partial charge in [-0.25, -0.2) is 4.39 Å². The highest BCUT2D eigenvalue weighted by atomic mass is 19.1. The van der Waals surface area contributed by atoms with Gasteiger partial charge in [0.1, 0.15) is 18.2 Å². The van der Waals surface area contributed by atoms with Crippen molar-refractivity contribution in [1.82, 2.24) is 5.32 Å². The van der Waals surface area contributed by atoms with Crippen LogP contribution in [0.5, 0.6) is 5.75 Å². The summed E-state index contributed by atoms with van der Waals surface area (Å²) in [5.74, 6) is 1.43. The molecule has 0 aromatic heterocycles. The minimum atomic E-state index is -0.209. The van der Waals surface area contributed by atoms with Gasteiger partial charge in [0.05, 0.1) is 0 Å². The second kappa shape index (κ2) is 6.74. The van der Waals surface area contributed by atoms with E-state index in [-0.39, 0.29) is 5.82 Å². The molecule has 1 aromatic rings. The van der Waals surface area contributed by atoms with Gasteiger partial charge in [-0.2, -0.15) is 0 Å². The fourth-order valence-corrected chi connectivity index (χ4v) is 2.53. The number of aryl methyl sites for hydroxylation is 1. The van der Waals surface area contributed by atoms with Crippen LogP contribution in [-0.2, 0) is 0 Å². The van der Waals surface area contributed by atoms with Gasteiger partial charge in [0, 0.05) is 6.54 Å². The van der Waals surface area contributed by atoms with E-state index < -0.39 is 0 Å². The molecule has 18 heavy (non-hydrogen) atoms. The molecule has 0 heterocycles.